The molecule has 1 fully saturated rings. The van der Waals surface area contributed by atoms with Gasteiger partial charge < -0.3 is 19.7 Å². The number of rotatable bonds is 6. The van der Waals surface area contributed by atoms with Gasteiger partial charge in [0.25, 0.3) is 0 Å². The summed E-state index contributed by atoms with van der Waals surface area (Å²) in [5, 5.41) is 10.9. The number of ether oxygens (including phenoxy) is 2. The van der Waals surface area contributed by atoms with Gasteiger partial charge in [0.2, 0.25) is 0 Å². The monoisotopic (exact) mass is 445 g/mol. The molecule has 3 aromatic rings. The summed E-state index contributed by atoms with van der Waals surface area (Å²) in [5.41, 5.74) is 1.61. The van der Waals surface area contributed by atoms with Crippen molar-refractivity contribution in [1.29, 1.82) is 0 Å². The van der Waals surface area contributed by atoms with Crippen molar-refractivity contribution in [3.8, 4) is 16.9 Å². The molecule has 32 heavy (non-hydrogen) atoms. The lowest BCUT2D eigenvalue weighted by atomic mass is 10.1. The Morgan fingerprint density at radius 2 is 1.78 bits per heavy atom. The third-order valence-electron chi connectivity index (χ3n) is 4.91. The number of anilines is 3. The molecule has 2 atom stereocenters. The van der Waals surface area contributed by atoms with Crippen molar-refractivity contribution in [3.63, 3.8) is 0 Å². The molecule has 1 saturated heterocycles. The number of halogens is 3. The highest BCUT2D eigenvalue weighted by Crippen LogP contribution is 2.28. The SMILES string of the molecule is CC1CN(c2cc(Nc3cc(-c4ccc(OC(F)F)cc4)cnn3)c(F)cn2)CC(C)O1. The third kappa shape index (κ3) is 5.25. The molecular weight excluding hydrogens is 423 g/mol. The number of aromatic nitrogens is 3. The van der Waals surface area contributed by atoms with Gasteiger partial charge in [0, 0.05) is 24.7 Å². The zero-order chi connectivity index (χ0) is 22.7. The van der Waals surface area contributed by atoms with Gasteiger partial charge in [-0.1, -0.05) is 12.1 Å². The summed E-state index contributed by atoms with van der Waals surface area (Å²) in [5.74, 6) is 0.496. The summed E-state index contributed by atoms with van der Waals surface area (Å²) in [6, 6.07) is 9.45. The molecule has 1 aromatic carbocycles. The summed E-state index contributed by atoms with van der Waals surface area (Å²) >= 11 is 0. The first-order valence-corrected chi connectivity index (χ1v) is 10.1. The molecule has 1 aliphatic heterocycles. The Kier molecular flexibility index (Phi) is 6.40. The van der Waals surface area contributed by atoms with Gasteiger partial charge >= 0.3 is 6.61 Å². The van der Waals surface area contributed by atoms with Crippen LogP contribution in [0.3, 0.4) is 0 Å². The van der Waals surface area contributed by atoms with Crippen LogP contribution in [0.15, 0.2) is 48.8 Å². The van der Waals surface area contributed by atoms with Crippen LogP contribution in [0, 0.1) is 5.82 Å². The van der Waals surface area contributed by atoms with E-state index in [0.29, 0.717) is 30.3 Å². The third-order valence-corrected chi connectivity index (χ3v) is 4.91. The van der Waals surface area contributed by atoms with E-state index in [-0.39, 0.29) is 23.6 Å². The normalized spacial score (nSPS) is 18.6. The van der Waals surface area contributed by atoms with Gasteiger partial charge in [-0.05, 0) is 37.6 Å². The molecule has 0 bridgehead atoms. The van der Waals surface area contributed by atoms with Crippen molar-refractivity contribution in [3.05, 3.63) is 54.6 Å². The fourth-order valence-electron chi connectivity index (χ4n) is 3.61. The first kappa shape index (κ1) is 21.8. The Hall–Kier alpha value is -3.40. The van der Waals surface area contributed by atoms with Crippen LogP contribution in [-0.2, 0) is 4.74 Å². The van der Waals surface area contributed by atoms with E-state index < -0.39 is 12.4 Å². The molecule has 2 aromatic heterocycles. The van der Waals surface area contributed by atoms with Crippen molar-refractivity contribution >= 4 is 17.3 Å². The molecule has 168 valence electrons. The molecule has 1 N–H and O–H groups in total. The topological polar surface area (TPSA) is 72.4 Å². The van der Waals surface area contributed by atoms with E-state index in [0.717, 1.165) is 5.56 Å². The average molecular weight is 445 g/mol. The highest BCUT2D eigenvalue weighted by molar-refractivity contribution is 5.69. The number of morpholine rings is 1. The van der Waals surface area contributed by atoms with Gasteiger partial charge in [-0.2, -0.15) is 13.9 Å². The lowest BCUT2D eigenvalue weighted by molar-refractivity contribution is -0.0498. The minimum Gasteiger partial charge on any atom is -0.435 e. The van der Waals surface area contributed by atoms with E-state index in [1.807, 2.05) is 13.8 Å². The van der Waals surface area contributed by atoms with Gasteiger partial charge in [0.15, 0.2) is 11.6 Å². The van der Waals surface area contributed by atoms with E-state index in [2.05, 4.69) is 30.1 Å². The standard InChI is InChI=1S/C22H22F3N5O2/c1-13-11-30(12-14(2)31-13)21-8-19(18(23)10-26-21)28-20-7-16(9-27-29-20)15-3-5-17(6-4-15)32-22(24)25/h3-10,13-14,22H,11-12H2,1-2H3,(H,26,28,29). The molecule has 0 aliphatic carbocycles. The van der Waals surface area contributed by atoms with Crippen LogP contribution >= 0.6 is 0 Å². The van der Waals surface area contributed by atoms with Crippen molar-refractivity contribution in [2.75, 3.05) is 23.3 Å². The number of benzene rings is 1. The highest BCUT2D eigenvalue weighted by atomic mass is 19.3. The second-order valence-electron chi connectivity index (χ2n) is 7.54. The molecule has 0 amide bonds. The summed E-state index contributed by atoms with van der Waals surface area (Å²) in [4.78, 5) is 6.27. The zero-order valence-corrected chi connectivity index (χ0v) is 17.5. The molecule has 4 rings (SSSR count). The average Bonchev–Trinajstić information content (AvgIpc) is 2.75. The zero-order valence-electron chi connectivity index (χ0n) is 17.5. The fourth-order valence-corrected chi connectivity index (χ4v) is 3.61. The lowest BCUT2D eigenvalue weighted by Gasteiger charge is -2.36. The summed E-state index contributed by atoms with van der Waals surface area (Å²) in [6.45, 7) is 2.40. The number of nitrogens with zero attached hydrogens (tertiary/aromatic N) is 4. The van der Waals surface area contributed by atoms with Gasteiger partial charge in [0.1, 0.15) is 11.6 Å². The van der Waals surface area contributed by atoms with Gasteiger partial charge in [-0.25, -0.2) is 9.37 Å². The Morgan fingerprint density at radius 1 is 1.06 bits per heavy atom. The second-order valence-corrected chi connectivity index (χ2v) is 7.54. The van der Waals surface area contributed by atoms with Gasteiger partial charge in [-0.15, -0.1) is 5.10 Å². The van der Waals surface area contributed by atoms with Crippen LogP contribution in [0.1, 0.15) is 13.8 Å². The molecule has 3 heterocycles. The number of hydrogen-bond donors (Lipinski definition) is 1. The maximum absolute atomic E-state index is 14.5. The molecule has 1 aliphatic rings. The number of hydrogen-bond acceptors (Lipinski definition) is 7. The Morgan fingerprint density at radius 3 is 2.47 bits per heavy atom. The van der Waals surface area contributed by atoms with Crippen LogP contribution in [-0.4, -0.2) is 47.1 Å². The van der Waals surface area contributed by atoms with Crippen LogP contribution < -0.4 is 15.0 Å². The maximum atomic E-state index is 14.5. The lowest BCUT2D eigenvalue weighted by Crippen LogP contribution is -2.45. The van der Waals surface area contributed by atoms with E-state index in [1.165, 1.54) is 24.5 Å². The predicted octanol–water partition coefficient (Wildman–Crippen LogP) is 4.64. The largest absolute Gasteiger partial charge is 0.435 e. The van der Waals surface area contributed by atoms with Gasteiger partial charge in [0.05, 0.1) is 30.3 Å². The summed E-state index contributed by atoms with van der Waals surface area (Å²) < 4.78 is 49.2. The van der Waals surface area contributed by atoms with Crippen molar-refractivity contribution in [1.82, 2.24) is 15.2 Å². The van der Waals surface area contributed by atoms with E-state index >= 15 is 0 Å². The fraction of sp³-hybridized carbons (Fsp3) is 0.318. The van der Waals surface area contributed by atoms with Crippen LogP contribution in [0.2, 0.25) is 0 Å². The quantitative estimate of drug-likeness (QED) is 0.593. The Labute approximate surface area is 183 Å². The predicted molar refractivity (Wildman–Crippen MR) is 114 cm³/mol. The van der Waals surface area contributed by atoms with Crippen molar-refractivity contribution in [2.45, 2.75) is 32.7 Å². The molecule has 10 heteroatoms. The second kappa shape index (κ2) is 9.39. The minimum atomic E-state index is -2.89. The first-order valence-electron chi connectivity index (χ1n) is 10.1. The van der Waals surface area contributed by atoms with Crippen LogP contribution in [0.4, 0.5) is 30.5 Å². The maximum Gasteiger partial charge on any atom is 0.387 e. The van der Waals surface area contributed by atoms with E-state index in [1.54, 1.807) is 24.3 Å². The molecule has 0 spiro atoms. The van der Waals surface area contributed by atoms with Crippen molar-refractivity contribution < 1.29 is 22.6 Å². The Balaban J connectivity index is 1.53. The Bertz CT molecular complexity index is 1060. The summed E-state index contributed by atoms with van der Waals surface area (Å²) in [7, 11) is 0. The molecule has 7 nitrogen and oxygen atoms in total. The highest BCUT2D eigenvalue weighted by Gasteiger charge is 2.24. The number of nitrogens with one attached hydrogen (secondary N) is 1. The van der Waals surface area contributed by atoms with E-state index in [4.69, 9.17) is 4.74 Å². The number of alkyl halides is 2. The smallest absolute Gasteiger partial charge is 0.387 e. The molecular formula is C22H22F3N5O2. The van der Waals surface area contributed by atoms with Crippen LogP contribution in [0.5, 0.6) is 5.75 Å². The minimum absolute atomic E-state index is 0.0436. The first-order chi connectivity index (χ1) is 15.4. The van der Waals surface area contributed by atoms with Gasteiger partial charge in [-0.3, -0.25) is 0 Å². The van der Waals surface area contributed by atoms with Crippen LogP contribution in [0.25, 0.3) is 11.1 Å². The number of pyridine rings is 1. The van der Waals surface area contributed by atoms with E-state index in [9.17, 15) is 13.2 Å². The molecule has 2 unspecified atom stereocenters. The van der Waals surface area contributed by atoms with Crippen molar-refractivity contribution in [2.24, 2.45) is 0 Å². The molecule has 0 saturated carbocycles. The molecule has 0 radical (unpaired) electrons. The summed E-state index contributed by atoms with van der Waals surface area (Å²) in [6.07, 6.45) is 2.78.